The molecular formula is C16H19NO2. The molecule has 0 aliphatic carbocycles. The number of nitrogens with one attached hydrogen (secondary N) is 1. The van der Waals surface area contributed by atoms with Crippen molar-refractivity contribution in [2.24, 2.45) is 0 Å². The fourth-order valence-corrected chi connectivity index (χ4v) is 1.89. The number of hydrogen-bond donors (Lipinski definition) is 2. The topological polar surface area (TPSA) is 45.2 Å². The fraction of sp³-hybridized carbons (Fsp3) is 0.250. The normalized spacial score (nSPS) is 12.1. The summed E-state index contributed by atoms with van der Waals surface area (Å²) in [6, 6.07) is 11.3. The number of aliphatic hydroxyl groups excluding tert-OH is 1. The molecule has 3 heteroatoms. The second kappa shape index (κ2) is 6.81. The van der Waals surface area contributed by atoms with Gasteiger partial charge < -0.3 is 14.8 Å². The molecule has 0 saturated carbocycles. The molecule has 1 aromatic carbocycles. The van der Waals surface area contributed by atoms with Gasteiger partial charge in [0.2, 0.25) is 0 Å². The summed E-state index contributed by atoms with van der Waals surface area (Å²) in [5, 5.41) is 10.2. The molecule has 0 spiro atoms. The number of aliphatic hydroxyl groups is 1. The minimum Gasteiger partial charge on any atom is -0.494 e. The number of hydrogen-bond acceptors (Lipinski definition) is 2. The van der Waals surface area contributed by atoms with E-state index in [2.05, 4.69) is 11.6 Å². The zero-order valence-corrected chi connectivity index (χ0v) is 10.9. The number of benzene rings is 1. The maximum absolute atomic E-state index is 10.2. The van der Waals surface area contributed by atoms with Crippen molar-refractivity contribution in [1.82, 2.24) is 4.98 Å². The lowest BCUT2D eigenvalue weighted by atomic mass is 10.1. The van der Waals surface area contributed by atoms with E-state index in [1.165, 1.54) is 0 Å². The third-order valence-electron chi connectivity index (χ3n) is 2.91. The van der Waals surface area contributed by atoms with Crippen molar-refractivity contribution in [3.63, 3.8) is 0 Å². The maximum atomic E-state index is 10.2. The van der Waals surface area contributed by atoms with Crippen LogP contribution < -0.4 is 4.74 Å². The number of aromatic nitrogens is 1. The molecule has 1 atom stereocenters. The Labute approximate surface area is 113 Å². The van der Waals surface area contributed by atoms with Gasteiger partial charge in [0.1, 0.15) is 11.9 Å². The van der Waals surface area contributed by atoms with Crippen molar-refractivity contribution in [3.8, 4) is 5.75 Å². The second-order valence-corrected chi connectivity index (χ2v) is 4.38. The molecule has 0 radical (unpaired) electrons. The van der Waals surface area contributed by atoms with Crippen LogP contribution in [-0.2, 0) is 0 Å². The predicted molar refractivity (Wildman–Crippen MR) is 76.2 cm³/mol. The Morgan fingerprint density at radius 1 is 1.32 bits per heavy atom. The van der Waals surface area contributed by atoms with E-state index in [1.54, 1.807) is 6.20 Å². The van der Waals surface area contributed by atoms with Crippen LogP contribution in [0.3, 0.4) is 0 Å². The molecule has 1 heterocycles. The largest absolute Gasteiger partial charge is 0.494 e. The van der Waals surface area contributed by atoms with Crippen molar-refractivity contribution >= 4 is 0 Å². The summed E-state index contributed by atoms with van der Waals surface area (Å²) in [7, 11) is 0. The molecule has 0 bridgehead atoms. The van der Waals surface area contributed by atoms with Gasteiger partial charge in [-0.05, 0) is 42.7 Å². The molecule has 2 aromatic rings. The van der Waals surface area contributed by atoms with Crippen LogP contribution in [0.5, 0.6) is 5.75 Å². The highest BCUT2D eigenvalue weighted by Crippen LogP contribution is 2.24. The van der Waals surface area contributed by atoms with E-state index in [4.69, 9.17) is 4.74 Å². The minimum absolute atomic E-state index is 0.647. The lowest BCUT2D eigenvalue weighted by molar-refractivity contribution is 0.215. The summed E-state index contributed by atoms with van der Waals surface area (Å²) in [4.78, 5) is 3.01. The molecule has 0 fully saturated rings. The first-order valence-electron chi connectivity index (χ1n) is 6.46. The Morgan fingerprint density at radius 3 is 2.95 bits per heavy atom. The van der Waals surface area contributed by atoms with Crippen molar-refractivity contribution in [1.29, 1.82) is 0 Å². The van der Waals surface area contributed by atoms with Gasteiger partial charge in [-0.1, -0.05) is 18.2 Å². The van der Waals surface area contributed by atoms with Gasteiger partial charge in [-0.3, -0.25) is 0 Å². The van der Waals surface area contributed by atoms with Gasteiger partial charge in [0, 0.05) is 11.9 Å². The molecule has 0 saturated heterocycles. The van der Waals surface area contributed by atoms with Crippen LogP contribution in [0, 0.1) is 0 Å². The predicted octanol–water partition coefficient (Wildman–Crippen LogP) is 3.44. The van der Waals surface area contributed by atoms with E-state index in [1.807, 2.05) is 42.5 Å². The third-order valence-corrected chi connectivity index (χ3v) is 2.91. The van der Waals surface area contributed by atoms with Gasteiger partial charge in [-0.25, -0.2) is 0 Å². The van der Waals surface area contributed by atoms with Gasteiger partial charge in [-0.2, -0.15) is 0 Å². The molecule has 0 amide bonds. The van der Waals surface area contributed by atoms with E-state index in [0.29, 0.717) is 6.61 Å². The number of H-pyrrole nitrogens is 1. The average Bonchev–Trinajstić information content (AvgIpc) is 2.97. The molecule has 1 unspecified atom stereocenters. The molecular weight excluding hydrogens is 238 g/mol. The zero-order chi connectivity index (χ0) is 13.5. The summed E-state index contributed by atoms with van der Waals surface area (Å²) in [5.41, 5.74) is 1.60. The monoisotopic (exact) mass is 257 g/mol. The lowest BCUT2D eigenvalue weighted by Gasteiger charge is -2.11. The zero-order valence-electron chi connectivity index (χ0n) is 10.9. The highest BCUT2D eigenvalue weighted by Gasteiger charge is 2.11. The van der Waals surface area contributed by atoms with Gasteiger partial charge in [0.05, 0.1) is 6.61 Å². The molecule has 19 heavy (non-hydrogen) atoms. The molecule has 2 rings (SSSR count). The van der Waals surface area contributed by atoms with Crippen LogP contribution in [0.25, 0.3) is 0 Å². The van der Waals surface area contributed by atoms with Crippen LogP contribution >= 0.6 is 0 Å². The first-order valence-corrected chi connectivity index (χ1v) is 6.46. The highest BCUT2D eigenvalue weighted by atomic mass is 16.5. The van der Waals surface area contributed by atoms with Gasteiger partial charge >= 0.3 is 0 Å². The van der Waals surface area contributed by atoms with E-state index >= 15 is 0 Å². The van der Waals surface area contributed by atoms with E-state index in [-0.39, 0.29) is 0 Å². The number of rotatable bonds is 7. The Kier molecular flexibility index (Phi) is 4.81. The Hall–Kier alpha value is -2.00. The Bertz CT molecular complexity index is 505. The number of aromatic amines is 1. The van der Waals surface area contributed by atoms with E-state index < -0.39 is 6.10 Å². The number of ether oxygens (including phenoxy) is 1. The molecule has 3 nitrogen and oxygen atoms in total. The molecule has 1 aromatic heterocycles. The van der Waals surface area contributed by atoms with Gasteiger partial charge in [0.25, 0.3) is 0 Å². The SMILES string of the molecule is C=CCCCOc1cccc(C(O)c2ccc[nH]2)c1. The molecule has 0 aliphatic heterocycles. The van der Waals surface area contributed by atoms with Gasteiger partial charge in [0.15, 0.2) is 0 Å². The van der Waals surface area contributed by atoms with Crippen LogP contribution in [-0.4, -0.2) is 16.7 Å². The van der Waals surface area contributed by atoms with Crippen LogP contribution in [0.2, 0.25) is 0 Å². The summed E-state index contributed by atoms with van der Waals surface area (Å²) >= 11 is 0. The van der Waals surface area contributed by atoms with Crippen molar-refractivity contribution in [2.45, 2.75) is 18.9 Å². The maximum Gasteiger partial charge on any atom is 0.119 e. The summed E-state index contributed by atoms with van der Waals surface area (Å²) in [5.74, 6) is 0.784. The first-order chi connectivity index (χ1) is 9.31. The summed E-state index contributed by atoms with van der Waals surface area (Å²) in [6.07, 6.45) is 4.94. The number of unbranched alkanes of at least 4 members (excludes halogenated alkanes) is 1. The van der Waals surface area contributed by atoms with Gasteiger partial charge in [-0.15, -0.1) is 6.58 Å². The van der Waals surface area contributed by atoms with Crippen molar-refractivity contribution in [2.75, 3.05) is 6.61 Å². The third kappa shape index (κ3) is 3.73. The lowest BCUT2D eigenvalue weighted by Crippen LogP contribution is -2.01. The minimum atomic E-state index is -0.647. The standard InChI is InChI=1S/C16H19NO2/c1-2-3-4-11-19-14-8-5-7-13(12-14)16(18)15-9-6-10-17-15/h2,5-10,12,16-18H,1,3-4,11H2. The quantitative estimate of drug-likeness (QED) is 0.589. The number of allylic oxidation sites excluding steroid dienone is 1. The molecule has 100 valence electrons. The van der Waals surface area contributed by atoms with Crippen LogP contribution in [0.15, 0.2) is 55.3 Å². The first kappa shape index (κ1) is 13.4. The molecule has 0 aliphatic rings. The fourth-order valence-electron chi connectivity index (χ4n) is 1.89. The van der Waals surface area contributed by atoms with E-state index in [9.17, 15) is 5.11 Å². The van der Waals surface area contributed by atoms with Crippen LogP contribution in [0.4, 0.5) is 0 Å². The molecule has 2 N–H and O–H groups in total. The Balaban J connectivity index is 2.00. The van der Waals surface area contributed by atoms with Crippen LogP contribution in [0.1, 0.15) is 30.2 Å². The average molecular weight is 257 g/mol. The summed E-state index contributed by atoms with van der Waals surface area (Å²) in [6.45, 7) is 4.34. The smallest absolute Gasteiger partial charge is 0.119 e. The van der Waals surface area contributed by atoms with Crippen molar-refractivity contribution < 1.29 is 9.84 Å². The van der Waals surface area contributed by atoms with Crippen molar-refractivity contribution in [3.05, 3.63) is 66.5 Å². The van der Waals surface area contributed by atoms with E-state index in [0.717, 1.165) is 29.8 Å². The highest BCUT2D eigenvalue weighted by molar-refractivity contribution is 5.33. The summed E-state index contributed by atoms with van der Waals surface area (Å²) < 4.78 is 5.65. The second-order valence-electron chi connectivity index (χ2n) is 4.38. The Morgan fingerprint density at radius 2 is 2.21 bits per heavy atom.